The Morgan fingerprint density at radius 1 is 1.36 bits per heavy atom. The van der Waals surface area contributed by atoms with E-state index in [1.54, 1.807) is 0 Å². The number of nitrogens with zero attached hydrogens (tertiary/aromatic N) is 2. The molecule has 2 aromatic rings. The van der Waals surface area contributed by atoms with Crippen molar-refractivity contribution in [1.29, 1.82) is 0 Å². The first-order valence-corrected chi connectivity index (χ1v) is 5.56. The average Bonchev–Trinajstić information content (AvgIpc) is 2.52. The van der Waals surface area contributed by atoms with Crippen molar-refractivity contribution >= 4 is 22.6 Å². The lowest BCUT2D eigenvalue weighted by atomic mass is 10.2. The van der Waals surface area contributed by atoms with Gasteiger partial charge < -0.3 is 0 Å². The highest BCUT2D eigenvalue weighted by Crippen LogP contribution is 2.09. The van der Waals surface area contributed by atoms with Gasteiger partial charge in [0.25, 0.3) is 0 Å². The van der Waals surface area contributed by atoms with E-state index < -0.39 is 0 Å². The highest BCUT2D eigenvalue weighted by Gasteiger charge is 1.98. The molecule has 0 bridgehead atoms. The molecule has 0 saturated carbocycles. The van der Waals surface area contributed by atoms with Crippen LogP contribution in [-0.2, 0) is 6.54 Å². The number of aromatic nitrogens is 2. The van der Waals surface area contributed by atoms with E-state index in [9.17, 15) is 0 Å². The Hall–Kier alpha value is -0.840. The van der Waals surface area contributed by atoms with E-state index in [2.05, 4.69) is 58.9 Å². The molecule has 3 heteroatoms. The molecular weight excluding hydrogens is 287 g/mol. The van der Waals surface area contributed by atoms with E-state index in [1.165, 1.54) is 14.8 Å². The van der Waals surface area contributed by atoms with Crippen LogP contribution in [0.25, 0.3) is 0 Å². The molecule has 0 aliphatic heterocycles. The maximum Gasteiger partial charge on any atom is 0.0662 e. The lowest BCUT2D eigenvalue weighted by Crippen LogP contribution is -2.03. The predicted molar refractivity (Wildman–Crippen MR) is 65.2 cm³/mol. The summed E-state index contributed by atoms with van der Waals surface area (Å²) in [5.41, 5.74) is 2.49. The van der Waals surface area contributed by atoms with E-state index in [0.29, 0.717) is 0 Å². The maximum absolute atomic E-state index is 4.25. The minimum Gasteiger partial charge on any atom is -0.265 e. The van der Waals surface area contributed by atoms with Crippen LogP contribution >= 0.6 is 22.6 Å². The first-order valence-electron chi connectivity index (χ1n) is 4.48. The molecule has 72 valence electrons. The van der Waals surface area contributed by atoms with Gasteiger partial charge in [-0.15, -0.1) is 0 Å². The molecular formula is C11H11IN2. The van der Waals surface area contributed by atoms with E-state index in [0.717, 1.165) is 6.54 Å². The predicted octanol–water partition coefficient (Wildman–Crippen LogP) is 2.84. The summed E-state index contributed by atoms with van der Waals surface area (Å²) in [6.07, 6.45) is 1.84. The van der Waals surface area contributed by atoms with Gasteiger partial charge in [0.2, 0.25) is 0 Å². The van der Waals surface area contributed by atoms with Crippen molar-refractivity contribution in [2.75, 3.05) is 0 Å². The van der Waals surface area contributed by atoms with Crippen molar-refractivity contribution in [2.45, 2.75) is 13.5 Å². The molecule has 0 saturated heterocycles. The standard InChI is InChI=1S/C11H11IN2/c1-9-5-6-13-14(9)8-10-3-2-4-11(12)7-10/h2-7H,8H2,1H3. The van der Waals surface area contributed by atoms with Crippen molar-refractivity contribution < 1.29 is 0 Å². The van der Waals surface area contributed by atoms with Crippen LogP contribution < -0.4 is 0 Å². The molecule has 0 spiro atoms. The first kappa shape index (κ1) is 9.71. The molecule has 1 aromatic carbocycles. The van der Waals surface area contributed by atoms with Gasteiger partial charge in [0.1, 0.15) is 0 Å². The second-order valence-corrected chi connectivity index (χ2v) is 4.51. The third-order valence-corrected chi connectivity index (χ3v) is 2.82. The number of benzene rings is 1. The van der Waals surface area contributed by atoms with Crippen molar-refractivity contribution in [1.82, 2.24) is 9.78 Å². The highest BCUT2D eigenvalue weighted by molar-refractivity contribution is 14.1. The monoisotopic (exact) mass is 298 g/mol. The molecule has 14 heavy (non-hydrogen) atoms. The highest BCUT2D eigenvalue weighted by atomic mass is 127. The fourth-order valence-corrected chi connectivity index (χ4v) is 1.98. The topological polar surface area (TPSA) is 17.8 Å². The summed E-state index contributed by atoms with van der Waals surface area (Å²) in [4.78, 5) is 0. The Morgan fingerprint density at radius 2 is 2.21 bits per heavy atom. The quantitative estimate of drug-likeness (QED) is 0.780. The number of hydrogen-bond acceptors (Lipinski definition) is 1. The van der Waals surface area contributed by atoms with Crippen LogP contribution in [0, 0.1) is 10.5 Å². The number of hydrogen-bond donors (Lipinski definition) is 0. The van der Waals surface area contributed by atoms with Gasteiger partial charge in [-0.2, -0.15) is 5.10 Å². The van der Waals surface area contributed by atoms with Gasteiger partial charge in [0.15, 0.2) is 0 Å². The summed E-state index contributed by atoms with van der Waals surface area (Å²) in [5.74, 6) is 0. The molecule has 2 rings (SSSR count). The zero-order valence-corrected chi connectivity index (χ0v) is 10.1. The van der Waals surface area contributed by atoms with Crippen LogP contribution in [0.1, 0.15) is 11.3 Å². The molecule has 0 N–H and O–H groups in total. The zero-order valence-electron chi connectivity index (χ0n) is 7.94. The van der Waals surface area contributed by atoms with Crippen LogP contribution in [-0.4, -0.2) is 9.78 Å². The van der Waals surface area contributed by atoms with Crippen LogP contribution in [0.4, 0.5) is 0 Å². The lowest BCUT2D eigenvalue weighted by Gasteiger charge is -2.04. The normalized spacial score (nSPS) is 10.4. The van der Waals surface area contributed by atoms with Gasteiger partial charge in [0, 0.05) is 15.5 Å². The van der Waals surface area contributed by atoms with Gasteiger partial charge in [-0.05, 0) is 53.3 Å². The summed E-state index contributed by atoms with van der Waals surface area (Å²) in [6.45, 7) is 2.93. The molecule has 0 aliphatic carbocycles. The van der Waals surface area contributed by atoms with Gasteiger partial charge in [0.05, 0.1) is 6.54 Å². The van der Waals surface area contributed by atoms with E-state index in [4.69, 9.17) is 0 Å². The van der Waals surface area contributed by atoms with Crippen molar-refractivity contribution in [2.24, 2.45) is 0 Å². The number of aryl methyl sites for hydroxylation is 1. The second kappa shape index (κ2) is 4.13. The first-order chi connectivity index (χ1) is 6.75. The van der Waals surface area contributed by atoms with Crippen LogP contribution in [0.2, 0.25) is 0 Å². The SMILES string of the molecule is Cc1ccnn1Cc1cccc(I)c1. The molecule has 0 unspecified atom stereocenters. The fourth-order valence-electron chi connectivity index (χ4n) is 1.37. The van der Waals surface area contributed by atoms with Crippen LogP contribution in [0.3, 0.4) is 0 Å². The summed E-state index contributed by atoms with van der Waals surface area (Å²) < 4.78 is 3.27. The van der Waals surface area contributed by atoms with Gasteiger partial charge in [-0.1, -0.05) is 12.1 Å². The third-order valence-electron chi connectivity index (χ3n) is 2.15. The summed E-state index contributed by atoms with van der Waals surface area (Å²) in [5, 5.41) is 4.25. The van der Waals surface area contributed by atoms with Crippen LogP contribution in [0.15, 0.2) is 36.5 Å². The van der Waals surface area contributed by atoms with E-state index in [-0.39, 0.29) is 0 Å². The minimum atomic E-state index is 0.857. The Labute approximate surface area is 97.1 Å². The molecule has 0 amide bonds. The smallest absolute Gasteiger partial charge is 0.0662 e. The Kier molecular flexibility index (Phi) is 2.86. The Bertz CT molecular complexity index is 434. The molecule has 1 aromatic heterocycles. The zero-order chi connectivity index (χ0) is 9.97. The summed E-state index contributed by atoms with van der Waals surface area (Å²) in [6, 6.07) is 10.5. The molecule has 0 aliphatic rings. The van der Waals surface area contributed by atoms with Gasteiger partial charge in [-0.25, -0.2) is 0 Å². The van der Waals surface area contributed by atoms with E-state index in [1.807, 2.05) is 16.9 Å². The molecule has 2 nitrogen and oxygen atoms in total. The molecule has 0 radical (unpaired) electrons. The molecule has 0 fully saturated rings. The van der Waals surface area contributed by atoms with Crippen LogP contribution in [0.5, 0.6) is 0 Å². The number of halogens is 1. The van der Waals surface area contributed by atoms with E-state index >= 15 is 0 Å². The summed E-state index contributed by atoms with van der Waals surface area (Å²) in [7, 11) is 0. The fraction of sp³-hybridized carbons (Fsp3) is 0.182. The summed E-state index contributed by atoms with van der Waals surface area (Å²) >= 11 is 2.33. The van der Waals surface area contributed by atoms with Gasteiger partial charge in [-0.3, -0.25) is 4.68 Å². The largest absolute Gasteiger partial charge is 0.265 e. The minimum absolute atomic E-state index is 0.857. The van der Waals surface area contributed by atoms with Crippen molar-refractivity contribution in [3.8, 4) is 0 Å². The maximum atomic E-state index is 4.25. The Morgan fingerprint density at radius 3 is 2.86 bits per heavy atom. The van der Waals surface area contributed by atoms with Gasteiger partial charge >= 0.3 is 0 Å². The number of rotatable bonds is 2. The Balaban J connectivity index is 2.23. The second-order valence-electron chi connectivity index (χ2n) is 3.26. The molecule has 1 heterocycles. The third kappa shape index (κ3) is 2.15. The average molecular weight is 298 g/mol. The van der Waals surface area contributed by atoms with Crippen molar-refractivity contribution in [3.05, 3.63) is 51.4 Å². The lowest BCUT2D eigenvalue weighted by molar-refractivity contribution is 0.665. The van der Waals surface area contributed by atoms with Crippen molar-refractivity contribution in [3.63, 3.8) is 0 Å². The molecule has 0 atom stereocenters.